The standard InChI is InChI=1S/C16H20N4O2/c1-4-20-18-11(3)14(19-20)8-17-16(21)12-5-6-15-13(7-12)10(2)9-22-15/h5-7,10H,4,8-9H2,1-3H3,(H,17,21). The smallest absolute Gasteiger partial charge is 0.251 e. The summed E-state index contributed by atoms with van der Waals surface area (Å²) in [5, 5.41) is 11.5. The zero-order chi connectivity index (χ0) is 15.7. The lowest BCUT2D eigenvalue weighted by atomic mass is 10.0. The van der Waals surface area contributed by atoms with Gasteiger partial charge in [0.1, 0.15) is 11.4 Å². The molecule has 0 fully saturated rings. The topological polar surface area (TPSA) is 69.0 Å². The Kier molecular flexibility index (Phi) is 3.83. The Hall–Kier alpha value is -2.37. The molecule has 1 unspecified atom stereocenters. The minimum absolute atomic E-state index is 0.104. The van der Waals surface area contributed by atoms with Crippen LogP contribution in [0.2, 0.25) is 0 Å². The molecular weight excluding hydrogens is 280 g/mol. The van der Waals surface area contributed by atoms with E-state index >= 15 is 0 Å². The van der Waals surface area contributed by atoms with Gasteiger partial charge in [-0.2, -0.15) is 15.0 Å². The van der Waals surface area contributed by atoms with Crippen molar-refractivity contribution in [2.45, 2.75) is 39.8 Å². The quantitative estimate of drug-likeness (QED) is 0.938. The van der Waals surface area contributed by atoms with Gasteiger partial charge in [0.05, 0.1) is 25.4 Å². The van der Waals surface area contributed by atoms with E-state index in [-0.39, 0.29) is 5.91 Å². The number of nitrogens with zero attached hydrogens (tertiary/aromatic N) is 3. The number of hydrogen-bond acceptors (Lipinski definition) is 4. The first-order chi connectivity index (χ1) is 10.6. The predicted octanol–water partition coefficient (Wildman–Crippen LogP) is 2.03. The predicted molar refractivity (Wildman–Crippen MR) is 82.0 cm³/mol. The van der Waals surface area contributed by atoms with Crippen LogP contribution in [-0.2, 0) is 13.1 Å². The van der Waals surface area contributed by atoms with Gasteiger partial charge in [-0.05, 0) is 32.0 Å². The van der Waals surface area contributed by atoms with Crippen LogP contribution in [-0.4, -0.2) is 27.5 Å². The molecule has 1 amide bonds. The molecule has 1 aliphatic heterocycles. The molecule has 1 atom stereocenters. The number of nitrogens with one attached hydrogen (secondary N) is 1. The number of rotatable bonds is 4. The van der Waals surface area contributed by atoms with Crippen LogP contribution < -0.4 is 10.1 Å². The summed E-state index contributed by atoms with van der Waals surface area (Å²) in [6.07, 6.45) is 0. The highest BCUT2D eigenvalue weighted by atomic mass is 16.5. The lowest BCUT2D eigenvalue weighted by molar-refractivity contribution is 0.0950. The van der Waals surface area contributed by atoms with Gasteiger partial charge in [0, 0.05) is 17.0 Å². The van der Waals surface area contributed by atoms with Gasteiger partial charge in [-0.15, -0.1) is 0 Å². The third kappa shape index (κ3) is 2.68. The van der Waals surface area contributed by atoms with Crippen molar-refractivity contribution in [2.24, 2.45) is 0 Å². The summed E-state index contributed by atoms with van der Waals surface area (Å²) < 4.78 is 5.55. The molecule has 0 spiro atoms. The van der Waals surface area contributed by atoms with Crippen LogP contribution >= 0.6 is 0 Å². The number of amides is 1. The van der Waals surface area contributed by atoms with Crippen LogP contribution in [0.25, 0.3) is 0 Å². The molecular formula is C16H20N4O2. The van der Waals surface area contributed by atoms with Crippen LogP contribution in [0.3, 0.4) is 0 Å². The molecule has 0 saturated carbocycles. The molecule has 1 aromatic carbocycles. The average Bonchev–Trinajstić information content (AvgIpc) is 3.08. The third-order valence-electron chi connectivity index (χ3n) is 3.91. The lowest BCUT2D eigenvalue weighted by Gasteiger charge is -2.06. The van der Waals surface area contributed by atoms with Gasteiger partial charge in [-0.25, -0.2) is 0 Å². The molecule has 6 nitrogen and oxygen atoms in total. The highest BCUT2D eigenvalue weighted by molar-refractivity contribution is 5.94. The molecule has 0 bridgehead atoms. The summed E-state index contributed by atoms with van der Waals surface area (Å²) in [6.45, 7) is 7.76. The van der Waals surface area contributed by atoms with E-state index in [0.29, 0.717) is 24.6 Å². The van der Waals surface area contributed by atoms with Gasteiger partial charge in [-0.1, -0.05) is 6.92 Å². The number of ether oxygens (including phenoxy) is 1. The fourth-order valence-electron chi connectivity index (χ4n) is 2.55. The van der Waals surface area contributed by atoms with E-state index in [2.05, 4.69) is 22.4 Å². The average molecular weight is 300 g/mol. The van der Waals surface area contributed by atoms with Gasteiger partial charge in [-0.3, -0.25) is 4.79 Å². The first-order valence-electron chi connectivity index (χ1n) is 7.54. The fraction of sp³-hybridized carbons (Fsp3) is 0.438. The third-order valence-corrected chi connectivity index (χ3v) is 3.91. The molecule has 22 heavy (non-hydrogen) atoms. The summed E-state index contributed by atoms with van der Waals surface area (Å²) in [6, 6.07) is 5.58. The Morgan fingerprint density at radius 1 is 1.45 bits per heavy atom. The Morgan fingerprint density at radius 3 is 3.00 bits per heavy atom. The Bertz CT molecular complexity index is 708. The summed E-state index contributed by atoms with van der Waals surface area (Å²) in [5.41, 5.74) is 3.39. The maximum atomic E-state index is 12.3. The first-order valence-corrected chi connectivity index (χ1v) is 7.54. The molecule has 116 valence electrons. The van der Waals surface area contributed by atoms with Crippen LogP contribution in [0, 0.1) is 6.92 Å². The van der Waals surface area contributed by atoms with E-state index in [1.165, 1.54) is 0 Å². The van der Waals surface area contributed by atoms with Crippen LogP contribution in [0.4, 0.5) is 0 Å². The summed E-state index contributed by atoms with van der Waals surface area (Å²) in [5.74, 6) is 1.10. The number of benzene rings is 1. The van der Waals surface area contributed by atoms with Crippen molar-refractivity contribution < 1.29 is 9.53 Å². The Balaban J connectivity index is 1.70. The molecule has 0 saturated heterocycles. The Morgan fingerprint density at radius 2 is 2.27 bits per heavy atom. The minimum Gasteiger partial charge on any atom is -0.493 e. The van der Waals surface area contributed by atoms with E-state index < -0.39 is 0 Å². The molecule has 1 aromatic heterocycles. The number of aromatic nitrogens is 3. The molecule has 0 radical (unpaired) electrons. The molecule has 0 aliphatic carbocycles. The zero-order valence-corrected chi connectivity index (χ0v) is 13.1. The number of fused-ring (bicyclic) bond motifs is 1. The van der Waals surface area contributed by atoms with E-state index in [1.54, 1.807) is 10.9 Å². The number of aryl methyl sites for hydroxylation is 2. The fourth-order valence-corrected chi connectivity index (χ4v) is 2.55. The molecule has 2 aromatic rings. The van der Waals surface area contributed by atoms with E-state index in [9.17, 15) is 4.79 Å². The van der Waals surface area contributed by atoms with Gasteiger partial charge >= 0.3 is 0 Å². The van der Waals surface area contributed by atoms with E-state index in [1.807, 2.05) is 26.0 Å². The highest BCUT2D eigenvalue weighted by Crippen LogP contribution is 2.33. The minimum atomic E-state index is -0.104. The second kappa shape index (κ2) is 5.79. The van der Waals surface area contributed by atoms with Gasteiger partial charge < -0.3 is 10.1 Å². The van der Waals surface area contributed by atoms with Crippen molar-refractivity contribution in [3.8, 4) is 5.75 Å². The number of hydrogen-bond donors (Lipinski definition) is 1. The van der Waals surface area contributed by atoms with Crippen LogP contribution in [0.5, 0.6) is 5.75 Å². The van der Waals surface area contributed by atoms with Crippen molar-refractivity contribution in [2.75, 3.05) is 6.61 Å². The number of carbonyl (C=O) groups excluding carboxylic acids is 1. The second-order valence-corrected chi connectivity index (χ2v) is 5.57. The van der Waals surface area contributed by atoms with Gasteiger partial charge in [0.15, 0.2) is 0 Å². The highest BCUT2D eigenvalue weighted by Gasteiger charge is 2.21. The van der Waals surface area contributed by atoms with Crippen LogP contribution in [0.15, 0.2) is 18.2 Å². The Labute approximate surface area is 129 Å². The second-order valence-electron chi connectivity index (χ2n) is 5.57. The number of carbonyl (C=O) groups is 1. The van der Waals surface area contributed by atoms with Crippen molar-refractivity contribution in [1.29, 1.82) is 0 Å². The molecule has 6 heteroatoms. The molecule has 1 aliphatic rings. The van der Waals surface area contributed by atoms with Crippen LogP contribution in [0.1, 0.15) is 47.1 Å². The maximum Gasteiger partial charge on any atom is 0.251 e. The zero-order valence-electron chi connectivity index (χ0n) is 13.1. The monoisotopic (exact) mass is 300 g/mol. The SMILES string of the molecule is CCn1nc(C)c(CNC(=O)c2ccc3c(c2)C(C)CO3)n1. The van der Waals surface area contributed by atoms with Crippen molar-refractivity contribution in [1.82, 2.24) is 20.3 Å². The largest absolute Gasteiger partial charge is 0.493 e. The summed E-state index contributed by atoms with van der Waals surface area (Å²) in [7, 11) is 0. The van der Waals surface area contributed by atoms with E-state index in [4.69, 9.17) is 4.74 Å². The summed E-state index contributed by atoms with van der Waals surface area (Å²) in [4.78, 5) is 13.9. The maximum absolute atomic E-state index is 12.3. The van der Waals surface area contributed by atoms with Crippen molar-refractivity contribution in [3.63, 3.8) is 0 Å². The van der Waals surface area contributed by atoms with Crippen molar-refractivity contribution >= 4 is 5.91 Å². The molecule has 2 heterocycles. The lowest BCUT2D eigenvalue weighted by Crippen LogP contribution is -2.23. The molecule has 1 N–H and O–H groups in total. The summed E-state index contributed by atoms with van der Waals surface area (Å²) >= 11 is 0. The van der Waals surface area contributed by atoms with Crippen molar-refractivity contribution in [3.05, 3.63) is 40.7 Å². The first kappa shape index (κ1) is 14.6. The van der Waals surface area contributed by atoms with Gasteiger partial charge in [0.25, 0.3) is 5.91 Å². The molecule has 3 rings (SSSR count). The van der Waals surface area contributed by atoms with E-state index in [0.717, 1.165) is 29.2 Å². The normalized spacial score (nSPS) is 16.2. The van der Waals surface area contributed by atoms with Gasteiger partial charge in [0.2, 0.25) is 0 Å².